The third kappa shape index (κ3) is 1.93. The second kappa shape index (κ2) is 4.47. The zero-order chi connectivity index (χ0) is 15.3. The van der Waals surface area contributed by atoms with Gasteiger partial charge in [-0.2, -0.15) is 0 Å². The molecule has 3 rings (SSSR count). The molecule has 0 unspecified atom stereocenters. The number of aromatic nitrogens is 2. The number of hydrogen-bond acceptors (Lipinski definition) is 2. The summed E-state index contributed by atoms with van der Waals surface area (Å²) in [6, 6.07) is 3.85. The molecule has 3 nitrogen and oxygen atoms in total. The van der Waals surface area contributed by atoms with Crippen LogP contribution in [0.4, 0.5) is 23.5 Å². The molecule has 0 aliphatic heterocycles. The third-order valence-electron chi connectivity index (χ3n) is 3.19. The van der Waals surface area contributed by atoms with Crippen molar-refractivity contribution in [3.8, 4) is 5.69 Å². The standard InChI is InChI=1S/C14H9F4N3/c1-6-2-3-8(16)13(11(6)18)21-10-5-7(15)4-9(17)12(10)20-14(21)19/h2-5H,1H3,(H2,19,20). The Morgan fingerprint density at radius 2 is 1.76 bits per heavy atom. The monoisotopic (exact) mass is 295 g/mol. The topological polar surface area (TPSA) is 43.8 Å². The van der Waals surface area contributed by atoms with Gasteiger partial charge in [0.2, 0.25) is 5.95 Å². The summed E-state index contributed by atoms with van der Waals surface area (Å²) < 4.78 is 56.1. The molecule has 3 aromatic rings. The van der Waals surface area contributed by atoms with Crippen LogP contribution in [0.25, 0.3) is 16.7 Å². The summed E-state index contributed by atoms with van der Waals surface area (Å²) in [5, 5.41) is 0. The molecule has 0 aliphatic carbocycles. The summed E-state index contributed by atoms with van der Waals surface area (Å²) in [7, 11) is 0. The lowest BCUT2D eigenvalue weighted by atomic mass is 10.2. The molecule has 2 N–H and O–H groups in total. The Labute approximate surface area is 116 Å². The Bertz CT molecular complexity index is 871. The van der Waals surface area contributed by atoms with Crippen LogP contribution in [0.15, 0.2) is 24.3 Å². The van der Waals surface area contributed by atoms with Crippen LogP contribution in [0.3, 0.4) is 0 Å². The lowest BCUT2D eigenvalue weighted by Crippen LogP contribution is -2.07. The minimum atomic E-state index is -0.955. The van der Waals surface area contributed by atoms with Crippen LogP contribution in [0, 0.1) is 30.2 Å². The second-order valence-electron chi connectivity index (χ2n) is 4.59. The summed E-state index contributed by atoms with van der Waals surface area (Å²) >= 11 is 0. The lowest BCUT2D eigenvalue weighted by Gasteiger charge is -2.10. The zero-order valence-corrected chi connectivity index (χ0v) is 10.8. The number of fused-ring (bicyclic) bond motifs is 1. The molecule has 0 amide bonds. The largest absolute Gasteiger partial charge is 0.369 e. The number of hydrogen-bond donors (Lipinski definition) is 1. The number of aryl methyl sites for hydroxylation is 1. The molecule has 108 valence electrons. The number of nitrogens with zero attached hydrogens (tertiary/aromatic N) is 2. The van der Waals surface area contributed by atoms with E-state index in [0.717, 1.165) is 16.7 Å². The Kier molecular flexibility index (Phi) is 2.86. The highest BCUT2D eigenvalue weighted by Crippen LogP contribution is 2.29. The van der Waals surface area contributed by atoms with E-state index in [9.17, 15) is 17.6 Å². The first-order chi connectivity index (χ1) is 9.90. The first kappa shape index (κ1) is 13.4. The van der Waals surface area contributed by atoms with Gasteiger partial charge in [-0.25, -0.2) is 22.5 Å². The van der Waals surface area contributed by atoms with Gasteiger partial charge in [0, 0.05) is 12.1 Å². The summed E-state index contributed by atoms with van der Waals surface area (Å²) in [6.45, 7) is 1.44. The third-order valence-corrected chi connectivity index (χ3v) is 3.19. The Morgan fingerprint density at radius 3 is 2.48 bits per heavy atom. The number of rotatable bonds is 1. The van der Waals surface area contributed by atoms with Crippen LogP contribution in [-0.2, 0) is 0 Å². The van der Waals surface area contributed by atoms with Gasteiger partial charge in [-0.15, -0.1) is 0 Å². The maximum absolute atomic E-state index is 14.2. The normalized spacial score (nSPS) is 11.3. The molecule has 0 bridgehead atoms. The molecule has 0 fully saturated rings. The van der Waals surface area contributed by atoms with Gasteiger partial charge in [0.25, 0.3) is 0 Å². The summed E-state index contributed by atoms with van der Waals surface area (Å²) in [6.07, 6.45) is 0. The fraction of sp³-hybridized carbons (Fsp3) is 0.0714. The molecule has 0 radical (unpaired) electrons. The first-order valence-corrected chi connectivity index (χ1v) is 5.98. The molecule has 0 saturated carbocycles. The van der Waals surface area contributed by atoms with E-state index >= 15 is 0 Å². The van der Waals surface area contributed by atoms with Crippen LogP contribution in [-0.4, -0.2) is 9.55 Å². The summed E-state index contributed by atoms with van der Waals surface area (Å²) in [5.74, 6) is -3.96. The van der Waals surface area contributed by atoms with E-state index in [1.54, 1.807) is 0 Å². The average molecular weight is 295 g/mol. The smallest absolute Gasteiger partial charge is 0.206 e. The van der Waals surface area contributed by atoms with Gasteiger partial charge in [-0.1, -0.05) is 6.07 Å². The van der Waals surface area contributed by atoms with Gasteiger partial charge in [-0.05, 0) is 18.6 Å². The molecule has 7 heteroatoms. The molecule has 0 aliphatic rings. The van der Waals surface area contributed by atoms with Crippen LogP contribution in [0.2, 0.25) is 0 Å². The highest BCUT2D eigenvalue weighted by atomic mass is 19.1. The molecule has 21 heavy (non-hydrogen) atoms. The highest BCUT2D eigenvalue weighted by Gasteiger charge is 2.21. The quantitative estimate of drug-likeness (QED) is 0.699. The molecule has 0 atom stereocenters. The van der Waals surface area contributed by atoms with Crippen molar-refractivity contribution in [1.29, 1.82) is 0 Å². The number of halogens is 4. The fourth-order valence-corrected chi connectivity index (χ4v) is 2.20. The maximum Gasteiger partial charge on any atom is 0.206 e. The summed E-state index contributed by atoms with van der Waals surface area (Å²) in [5.41, 5.74) is 4.88. The van der Waals surface area contributed by atoms with Gasteiger partial charge in [0.15, 0.2) is 11.6 Å². The van der Waals surface area contributed by atoms with Crippen LogP contribution in [0.1, 0.15) is 5.56 Å². The van der Waals surface area contributed by atoms with E-state index < -0.39 is 29.0 Å². The number of nitrogen functional groups attached to an aromatic ring is 1. The average Bonchev–Trinajstić information content (AvgIpc) is 2.73. The minimum absolute atomic E-state index is 0.145. The molecular weight excluding hydrogens is 286 g/mol. The molecular formula is C14H9F4N3. The molecule has 1 aromatic heterocycles. The van der Waals surface area contributed by atoms with Gasteiger partial charge in [0.05, 0.1) is 5.52 Å². The predicted molar refractivity (Wildman–Crippen MR) is 70.1 cm³/mol. The van der Waals surface area contributed by atoms with Gasteiger partial charge < -0.3 is 5.73 Å². The molecule has 1 heterocycles. The van der Waals surface area contributed by atoms with E-state index in [1.807, 2.05) is 0 Å². The van der Waals surface area contributed by atoms with Gasteiger partial charge >= 0.3 is 0 Å². The van der Waals surface area contributed by atoms with E-state index in [1.165, 1.54) is 13.0 Å². The Balaban J connectivity index is 2.47. The van der Waals surface area contributed by atoms with Crippen molar-refractivity contribution >= 4 is 17.0 Å². The van der Waals surface area contributed by atoms with Crippen molar-refractivity contribution in [3.05, 3.63) is 53.1 Å². The van der Waals surface area contributed by atoms with Crippen molar-refractivity contribution in [3.63, 3.8) is 0 Å². The molecule has 0 spiro atoms. The Hall–Kier alpha value is -2.57. The zero-order valence-electron chi connectivity index (χ0n) is 10.8. The second-order valence-corrected chi connectivity index (χ2v) is 4.59. The highest BCUT2D eigenvalue weighted by molar-refractivity contribution is 5.81. The Morgan fingerprint density at radius 1 is 1.05 bits per heavy atom. The number of imidazole rings is 1. The minimum Gasteiger partial charge on any atom is -0.369 e. The van der Waals surface area contributed by atoms with Crippen LogP contribution >= 0.6 is 0 Å². The molecule has 0 saturated heterocycles. The summed E-state index contributed by atoms with van der Waals surface area (Å²) in [4.78, 5) is 3.71. The number of anilines is 1. The molecule has 2 aromatic carbocycles. The van der Waals surface area contributed by atoms with Crippen LogP contribution in [0.5, 0.6) is 0 Å². The van der Waals surface area contributed by atoms with Crippen molar-refractivity contribution in [2.75, 3.05) is 5.73 Å². The number of benzene rings is 2. The van der Waals surface area contributed by atoms with Gasteiger partial charge in [-0.3, -0.25) is 4.57 Å². The predicted octanol–water partition coefficient (Wildman–Crippen LogP) is 3.47. The van der Waals surface area contributed by atoms with Crippen molar-refractivity contribution in [1.82, 2.24) is 9.55 Å². The van der Waals surface area contributed by atoms with E-state index in [0.29, 0.717) is 6.07 Å². The van der Waals surface area contributed by atoms with E-state index in [4.69, 9.17) is 5.73 Å². The van der Waals surface area contributed by atoms with Crippen molar-refractivity contribution in [2.45, 2.75) is 6.92 Å². The maximum atomic E-state index is 14.2. The number of nitrogens with two attached hydrogens (primary N) is 1. The fourth-order valence-electron chi connectivity index (χ4n) is 2.20. The van der Waals surface area contributed by atoms with E-state index in [-0.39, 0.29) is 22.5 Å². The SMILES string of the molecule is Cc1ccc(F)c(-n2c(N)nc3c(F)cc(F)cc32)c1F. The van der Waals surface area contributed by atoms with E-state index in [2.05, 4.69) is 4.98 Å². The first-order valence-electron chi connectivity index (χ1n) is 5.98. The van der Waals surface area contributed by atoms with Gasteiger partial charge in [0.1, 0.15) is 22.8 Å². The van der Waals surface area contributed by atoms with Crippen molar-refractivity contribution in [2.24, 2.45) is 0 Å². The van der Waals surface area contributed by atoms with Crippen LogP contribution < -0.4 is 5.73 Å². The lowest BCUT2D eigenvalue weighted by molar-refractivity contribution is 0.565. The van der Waals surface area contributed by atoms with Crippen molar-refractivity contribution < 1.29 is 17.6 Å².